The number of carboxylic acids is 1. The summed E-state index contributed by atoms with van der Waals surface area (Å²) in [5, 5.41) is 8.47. The van der Waals surface area contributed by atoms with Gasteiger partial charge in [0.1, 0.15) is 0 Å². The van der Waals surface area contributed by atoms with Gasteiger partial charge in [-0.25, -0.2) is 0 Å². The fourth-order valence-corrected chi connectivity index (χ4v) is 3.80. The van der Waals surface area contributed by atoms with Crippen LogP contribution in [0.2, 0.25) is 0 Å². The number of aliphatic carboxylic acids is 1. The monoisotopic (exact) mass is 334 g/mol. The zero-order valence-corrected chi connectivity index (χ0v) is 14.9. The standard InChI is InChI=1S/C16H30O3S2/c1-2-3-4-5-6-7-8-9-10-11-13-20-16(19)21-14-12-15(17)18/h2-14H2,1H3,(H,17,18). The number of rotatable bonds is 14. The predicted molar refractivity (Wildman–Crippen MR) is 94.4 cm³/mol. The maximum atomic E-state index is 11.4. The van der Waals surface area contributed by atoms with E-state index < -0.39 is 5.97 Å². The van der Waals surface area contributed by atoms with E-state index in [-0.39, 0.29) is 10.9 Å². The number of carboxylic acid groups (broad SMARTS) is 1. The molecule has 124 valence electrons. The largest absolute Gasteiger partial charge is 0.481 e. The third-order valence-corrected chi connectivity index (χ3v) is 5.33. The van der Waals surface area contributed by atoms with Crippen LogP contribution in [0.15, 0.2) is 0 Å². The van der Waals surface area contributed by atoms with Gasteiger partial charge in [0, 0.05) is 11.5 Å². The van der Waals surface area contributed by atoms with E-state index in [2.05, 4.69) is 6.92 Å². The molecule has 0 aliphatic carbocycles. The SMILES string of the molecule is CCCCCCCCCCCCSC(=O)SCCC(=O)O. The van der Waals surface area contributed by atoms with Crippen LogP contribution in [0.3, 0.4) is 0 Å². The van der Waals surface area contributed by atoms with Gasteiger partial charge in [-0.1, -0.05) is 88.2 Å². The van der Waals surface area contributed by atoms with Gasteiger partial charge in [0.25, 0.3) is 0 Å². The van der Waals surface area contributed by atoms with Crippen LogP contribution in [0, 0.1) is 0 Å². The summed E-state index contributed by atoms with van der Waals surface area (Å²) in [6, 6.07) is 0. The van der Waals surface area contributed by atoms with E-state index in [0.29, 0.717) is 5.75 Å². The summed E-state index contributed by atoms with van der Waals surface area (Å²) in [5.74, 6) is 0.421. The first-order valence-corrected chi connectivity index (χ1v) is 10.1. The first-order valence-electron chi connectivity index (χ1n) is 8.18. The Kier molecular flexibility index (Phi) is 16.1. The quantitative estimate of drug-likeness (QED) is 0.397. The lowest BCUT2D eigenvalue weighted by Gasteiger charge is -2.02. The van der Waals surface area contributed by atoms with Crippen LogP contribution < -0.4 is 0 Å². The van der Waals surface area contributed by atoms with Crippen molar-refractivity contribution in [2.75, 3.05) is 11.5 Å². The van der Waals surface area contributed by atoms with Crippen molar-refractivity contribution < 1.29 is 14.7 Å². The summed E-state index contributed by atoms with van der Waals surface area (Å²) >= 11 is 2.47. The van der Waals surface area contributed by atoms with Crippen LogP contribution in [-0.4, -0.2) is 27.0 Å². The fourth-order valence-electron chi connectivity index (χ4n) is 2.01. The average Bonchev–Trinajstić information content (AvgIpc) is 2.44. The Morgan fingerprint density at radius 2 is 1.24 bits per heavy atom. The number of hydrogen-bond donors (Lipinski definition) is 1. The highest BCUT2D eigenvalue weighted by molar-refractivity contribution is 8.38. The Balaban J connectivity index is 3.14. The van der Waals surface area contributed by atoms with Crippen molar-refractivity contribution in [3.05, 3.63) is 0 Å². The van der Waals surface area contributed by atoms with Gasteiger partial charge in [-0.05, 0) is 6.42 Å². The second-order valence-electron chi connectivity index (χ2n) is 5.27. The van der Waals surface area contributed by atoms with E-state index in [4.69, 9.17) is 5.11 Å². The molecule has 0 aromatic carbocycles. The highest BCUT2D eigenvalue weighted by Gasteiger charge is 2.05. The molecule has 21 heavy (non-hydrogen) atoms. The molecular weight excluding hydrogens is 304 g/mol. The lowest BCUT2D eigenvalue weighted by Crippen LogP contribution is -1.97. The summed E-state index contributed by atoms with van der Waals surface area (Å²) in [7, 11) is 0. The third kappa shape index (κ3) is 17.8. The Labute approximate surface area is 138 Å². The molecule has 0 aromatic rings. The van der Waals surface area contributed by atoms with Crippen LogP contribution in [0.25, 0.3) is 0 Å². The number of carbonyl (C=O) groups is 2. The van der Waals surface area contributed by atoms with E-state index in [1.807, 2.05) is 0 Å². The van der Waals surface area contributed by atoms with Crippen molar-refractivity contribution in [1.82, 2.24) is 0 Å². The minimum Gasteiger partial charge on any atom is -0.481 e. The zero-order valence-electron chi connectivity index (χ0n) is 13.3. The zero-order chi connectivity index (χ0) is 15.8. The van der Waals surface area contributed by atoms with Crippen molar-refractivity contribution in [3.8, 4) is 0 Å². The molecule has 0 heterocycles. The molecule has 0 aromatic heterocycles. The molecule has 0 unspecified atom stereocenters. The maximum absolute atomic E-state index is 11.4. The van der Waals surface area contributed by atoms with E-state index in [1.165, 1.54) is 69.5 Å². The number of carbonyl (C=O) groups excluding carboxylic acids is 1. The molecule has 0 aliphatic rings. The molecule has 0 fully saturated rings. The average molecular weight is 335 g/mol. The van der Waals surface area contributed by atoms with E-state index >= 15 is 0 Å². The topological polar surface area (TPSA) is 54.4 Å². The maximum Gasteiger partial charge on any atom is 0.304 e. The van der Waals surface area contributed by atoms with Crippen molar-refractivity contribution >= 4 is 33.9 Å². The summed E-state index contributed by atoms with van der Waals surface area (Å²) in [6.07, 6.45) is 13.1. The molecular formula is C16H30O3S2. The second kappa shape index (κ2) is 16.2. The summed E-state index contributed by atoms with van der Waals surface area (Å²) in [4.78, 5) is 21.7. The molecule has 0 spiro atoms. The van der Waals surface area contributed by atoms with Crippen LogP contribution in [-0.2, 0) is 4.79 Å². The molecule has 0 rings (SSSR count). The molecule has 0 aliphatic heterocycles. The van der Waals surface area contributed by atoms with Crippen molar-refractivity contribution in [2.45, 2.75) is 77.6 Å². The smallest absolute Gasteiger partial charge is 0.304 e. The highest BCUT2D eigenvalue weighted by Crippen LogP contribution is 2.19. The normalized spacial score (nSPS) is 10.7. The second-order valence-corrected chi connectivity index (χ2v) is 7.67. The molecule has 0 radical (unpaired) electrons. The Morgan fingerprint density at radius 3 is 1.76 bits per heavy atom. The van der Waals surface area contributed by atoms with Crippen molar-refractivity contribution in [1.29, 1.82) is 0 Å². The lowest BCUT2D eigenvalue weighted by molar-refractivity contribution is -0.136. The number of unbranched alkanes of at least 4 members (excludes halogenated alkanes) is 9. The van der Waals surface area contributed by atoms with Crippen LogP contribution in [0.5, 0.6) is 0 Å². The minimum absolute atomic E-state index is 0.0622. The first kappa shape index (κ1) is 20.8. The molecule has 0 amide bonds. The Bertz CT molecular complexity index is 270. The van der Waals surface area contributed by atoms with E-state index in [1.54, 1.807) is 0 Å². The predicted octanol–water partition coefficient (Wildman–Crippen LogP) is 5.97. The Morgan fingerprint density at radius 1 is 0.762 bits per heavy atom. The minimum atomic E-state index is -0.838. The first-order chi connectivity index (χ1) is 10.2. The van der Waals surface area contributed by atoms with Crippen LogP contribution >= 0.6 is 23.5 Å². The molecule has 5 heteroatoms. The Hall–Kier alpha value is -0.160. The van der Waals surface area contributed by atoms with Gasteiger partial charge in [0.2, 0.25) is 4.45 Å². The van der Waals surface area contributed by atoms with E-state index in [9.17, 15) is 9.59 Å². The van der Waals surface area contributed by atoms with Gasteiger partial charge < -0.3 is 5.11 Å². The van der Waals surface area contributed by atoms with Gasteiger partial charge in [-0.2, -0.15) is 0 Å². The van der Waals surface area contributed by atoms with Gasteiger partial charge in [0.05, 0.1) is 6.42 Å². The van der Waals surface area contributed by atoms with Gasteiger partial charge in [0.15, 0.2) is 0 Å². The van der Waals surface area contributed by atoms with Gasteiger partial charge in [-0.3, -0.25) is 9.59 Å². The molecule has 0 saturated heterocycles. The van der Waals surface area contributed by atoms with Crippen LogP contribution in [0.4, 0.5) is 4.79 Å². The molecule has 1 N–H and O–H groups in total. The third-order valence-electron chi connectivity index (χ3n) is 3.25. The summed E-state index contributed by atoms with van der Waals surface area (Å²) in [6.45, 7) is 2.24. The fraction of sp³-hybridized carbons (Fsp3) is 0.875. The summed E-state index contributed by atoms with van der Waals surface area (Å²) < 4.78 is 0.0622. The highest BCUT2D eigenvalue weighted by atomic mass is 32.2. The molecule has 3 nitrogen and oxygen atoms in total. The lowest BCUT2D eigenvalue weighted by atomic mass is 10.1. The molecule has 0 atom stereocenters. The van der Waals surface area contributed by atoms with Crippen molar-refractivity contribution in [3.63, 3.8) is 0 Å². The van der Waals surface area contributed by atoms with Gasteiger partial charge >= 0.3 is 5.97 Å². The van der Waals surface area contributed by atoms with Gasteiger partial charge in [-0.15, -0.1) is 0 Å². The van der Waals surface area contributed by atoms with Crippen molar-refractivity contribution in [2.24, 2.45) is 0 Å². The molecule has 0 bridgehead atoms. The van der Waals surface area contributed by atoms with E-state index in [0.717, 1.165) is 23.9 Å². The molecule has 0 saturated carbocycles. The summed E-state index contributed by atoms with van der Waals surface area (Å²) in [5.41, 5.74) is 0. The number of thioether (sulfide) groups is 2. The number of hydrogen-bond acceptors (Lipinski definition) is 4. The van der Waals surface area contributed by atoms with Crippen LogP contribution in [0.1, 0.15) is 77.6 Å².